The quantitative estimate of drug-likeness (QED) is 0.569. The van der Waals surface area contributed by atoms with E-state index in [1.807, 2.05) is 28.7 Å². The highest BCUT2D eigenvalue weighted by molar-refractivity contribution is 5.80. The number of hydrogen-bond acceptors (Lipinski definition) is 5. The number of amides is 1. The summed E-state index contributed by atoms with van der Waals surface area (Å²) in [5, 5.41) is 12.4. The maximum absolute atomic E-state index is 13.1. The Morgan fingerprint density at radius 2 is 1.90 bits per heavy atom. The van der Waals surface area contributed by atoms with Crippen molar-refractivity contribution in [1.29, 1.82) is 0 Å². The molecule has 0 spiro atoms. The Kier molecular flexibility index (Phi) is 6.65. The zero-order valence-electron chi connectivity index (χ0n) is 18.5. The summed E-state index contributed by atoms with van der Waals surface area (Å²) in [6.45, 7) is 8.73. The van der Waals surface area contributed by atoms with Gasteiger partial charge in [0.1, 0.15) is 5.82 Å². The molecule has 3 heterocycles. The molecule has 1 amide bonds. The van der Waals surface area contributed by atoms with Crippen LogP contribution in [0.25, 0.3) is 16.7 Å². The highest BCUT2D eigenvalue weighted by Gasteiger charge is 2.17. The lowest BCUT2D eigenvalue weighted by Gasteiger charge is -2.14. The first kappa shape index (κ1) is 21.5. The predicted octanol–water partition coefficient (Wildman–Crippen LogP) is 2.23. The molecule has 3 aromatic rings. The van der Waals surface area contributed by atoms with Gasteiger partial charge in [0.05, 0.1) is 10.9 Å². The number of nitrogens with one attached hydrogen (secondary N) is 1. The predicted molar refractivity (Wildman–Crippen MR) is 121 cm³/mol. The largest absolute Gasteiger partial charge is 0.355 e. The third-order valence-electron chi connectivity index (χ3n) is 6.03. The molecule has 1 N–H and O–H groups in total. The summed E-state index contributed by atoms with van der Waals surface area (Å²) >= 11 is 0. The van der Waals surface area contributed by atoms with Crippen molar-refractivity contribution in [1.82, 2.24) is 29.4 Å². The first-order valence-corrected chi connectivity index (χ1v) is 11.4. The molecular formula is C23H32N6O2. The maximum Gasteiger partial charge on any atom is 0.262 e. The standard InChI is InChI=1S/C23H32N6O2/c1-17(2)11-15-28-22(31)18-7-3-4-8-19(18)29-20(25-26-23(28)29)9-10-21(30)24-12-16-27-13-5-6-14-27/h3-4,7-8,17H,5-6,9-16H2,1-2H3,(H,24,30). The van der Waals surface area contributed by atoms with Gasteiger partial charge in [-0.05, 0) is 50.4 Å². The second-order valence-corrected chi connectivity index (χ2v) is 8.81. The lowest BCUT2D eigenvalue weighted by atomic mass is 10.1. The van der Waals surface area contributed by atoms with Crippen LogP contribution >= 0.6 is 0 Å². The van der Waals surface area contributed by atoms with Crippen molar-refractivity contribution in [2.75, 3.05) is 26.2 Å². The molecule has 4 rings (SSSR count). The summed E-state index contributed by atoms with van der Waals surface area (Å²) < 4.78 is 3.66. The van der Waals surface area contributed by atoms with Crippen molar-refractivity contribution in [3.05, 3.63) is 40.4 Å². The number of rotatable bonds is 9. The van der Waals surface area contributed by atoms with E-state index in [-0.39, 0.29) is 11.5 Å². The zero-order chi connectivity index (χ0) is 21.8. The molecule has 0 atom stereocenters. The van der Waals surface area contributed by atoms with Crippen LogP contribution in [0.4, 0.5) is 0 Å². The molecule has 1 aliphatic rings. The third kappa shape index (κ3) is 4.79. The Hall–Kier alpha value is -2.74. The van der Waals surface area contributed by atoms with Gasteiger partial charge in [0.15, 0.2) is 0 Å². The molecule has 1 aromatic carbocycles. The average Bonchev–Trinajstić information content (AvgIpc) is 3.42. The van der Waals surface area contributed by atoms with Gasteiger partial charge in [0.25, 0.3) is 5.56 Å². The number of carbonyl (C=O) groups is 1. The molecule has 31 heavy (non-hydrogen) atoms. The van der Waals surface area contributed by atoms with E-state index in [0.717, 1.165) is 31.6 Å². The molecule has 0 radical (unpaired) electrons. The van der Waals surface area contributed by atoms with E-state index in [2.05, 4.69) is 34.3 Å². The van der Waals surface area contributed by atoms with Gasteiger partial charge in [-0.2, -0.15) is 0 Å². The summed E-state index contributed by atoms with van der Waals surface area (Å²) in [4.78, 5) is 27.8. The first-order chi connectivity index (χ1) is 15.0. The van der Waals surface area contributed by atoms with Crippen LogP contribution in [0.15, 0.2) is 29.1 Å². The monoisotopic (exact) mass is 424 g/mol. The third-order valence-corrected chi connectivity index (χ3v) is 6.03. The molecule has 8 heteroatoms. The number of carbonyl (C=O) groups excluding carboxylic acids is 1. The van der Waals surface area contributed by atoms with E-state index >= 15 is 0 Å². The Morgan fingerprint density at radius 1 is 1.13 bits per heavy atom. The number of para-hydroxylation sites is 1. The average molecular weight is 425 g/mol. The summed E-state index contributed by atoms with van der Waals surface area (Å²) in [5.41, 5.74) is 0.750. The van der Waals surface area contributed by atoms with Gasteiger partial charge in [-0.25, -0.2) is 0 Å². The molecule has 166 valence electrons. The van der Waals surface area contributed by atoms with Crippen LogP contribution in [0.2, 0.25) is 0 Å². The Bertz CT molecular complexity index is 1110. The van der Waals surface area contributed by atoms with Crippen molar-refractivity contribution in [2.45, 2.75) is 52.5 Å². The van der Waals surface area contributed by atoms with Crippen LogP contribution in [-0.2, 0) is 17.8 Å². The molecule has 1 fully saturated rings. The molecule has 1 saturated heterocycles. The fraction of sp³-hybridized carbons (Fsp3) is 0.565. The molecule has 0 aliphatic carbocycles. The van der Waals surface area contributed by atoms with Crippen LogP contribution in [0.3, 0.4) is 0 Å². The summed E-state index contributed by atoms with van der Waals surface area (Å²) in [7, 11) is 0. The number of likely N-dealkylation sites (tertiary alicyclic amines) is 1. The van der Waals surface area contributed by atoms with Crippen LogP contribution < -0.4 is 10.9 Å². The molecule has 2 aromatic heterocycles. The number of benzene rings is 1. The van der Waals surface area contributed by atoms with E-state index in [1.54, 1.807) is 4.57 Å². The molecule has 0 unspecified atom stereocenters. The van der Waals surface area contributed by atoms with Gasteiger partial charge in [-0.1, -0.05) is 26.0 Å². The summed E-state index contributed by atoms with van der Waals surface area (Å²) in [5.74, 6) is 1.76. The van der Waals surface area contributed by atoms with Gasteiger partial charge in [0.2, 0.25) is 11.7 Å². The van der Waals surface area contributed by atoms with Crippen LogP contribution in [0, 0.1) is 5.92 Å². The van der Waals surface area contributed by atoms with Gasteiger partial charge in [0, 0.05) is 32.5 Å². The number of nitrogens with zero attached hydrogens (tertiary/aromatic N) is 5. The second-order valence-electron chi connectivity index (χ2n) is 8.81. The number of aromatic nitrogens is 4. The highest BCUT2D eigenvalue weighted by atomic mass is 16.1. The minimum Gasteiger partial charge on any atom is -0.355 e. The molecule has 8 nitrogen and oxygen atoms in total. The molecule has 1 aliphatic heterocycles. The SMILES string of the molecule is CC(C)CCn1c(=O)c2ccccc2n2c(CCC(=O)NCCN3CCCC3)nnc12. The van der Waals surface area contributed by atoms with Gasteiger partial charge in [-0.3, -0.25) is 18.6 Å². The van der Waals surface area contributed by atoms with E-state index < -0.39 is 0 Å². The van der Waals surface area contributed by atoms with Crippen molar-refractivity contribution < 1.29 is 4.79 Å². The summed E-state index contributed by atoms with van der Waals surface area (Å²) in [6, 6.07) is 7.55. The number of aryl methyl sites for hydroxylation is 2. The van der Waals surface area contributed by atoms with E-state index in [9.17, 15) is 9.59 Å². The van der Waals surface area contributed by atoms with E-state index in [4.69, 9.17) is 0 Å². The Labute approximate surface area is 182 Å². The topological polar surface area (TPSA) is 84.5 Å². The lowest BCUT2D eigenvalue weighted by molar-refractivity contribution is -0.121. The Balaban J connectivity index is 1.53. The minimum absolute atomic E-state index is 0.0216. The van der Waals surface area contributed by atoms with E-state index in [1.165, 1.54) is 12.8 Å². The first-order valence-electron chi connectivity index (χ1n) is 11.4. The Morgan fingerprint density at radius 3 is 2.68 bits per heavy atom. The van der Waals surface area contributed by atoms with Crippen LogP contribution in [0.1, 0.15) is 45.4 Å². The van der Waals surface area contributed by atoms with Gasteiger partial charge >= 0.3 is 0 Å². The fourth-order valence-electron chi connectivity index (χ4n) is 4.24. The van der Waals surface area contributed by atoms with Crippen LogP contribution in [0.5, 0.6) is 0 Å². The maximum atomic E-state index is 13.1. The highest BCUT2D eigenvalue weighted by Crippen LogP contribution is 2.16. The van der Waals surface area contributed by atoms with Gasteiger partial charge in [-0.15, -0.1) is 10.2 Å². The normalized spacial score (nSPS) is 14.8. The fourth-order valence-corrected chi connectivity index (χ4v) is 4.24. The molecule has 0 bridgehead atoms. The smallest absolute Gasteiger partial charge is 0.262 e. The minimum atomic E-state index is -0.0395. The van der Waals surface area contributed by atoms with Crippen molar-refractivity contribution >= 4 is 22.6 Å². The molecule has 0 saturated carbocycles. The van der Waals surface area contributed by atoms with Crippen molar-refractivity contribution in [2.24, 2.45) is 5.92 Å². The molecular weight excluding hydrogens is 392 g/mol. The summed E-state index contributed by atoms with van der Waals surface area (Å²) in [6.07, 6.45) is 4.22. The number of hydrogen-bond donors (Lipinski definition) is 1. The van der Waals surface area contributed by atoms with Crippen LogP contribution in [-0.4, -0.2) is 56.2 Å². The van der Waals surface area contributed by atoms with E-state index in [0.29, 0.717) is 48.8 Å². The van der Waals surface area contributed by atoms with Crippen molar-refractivity contribution in [3.8, 4) is 0 Å². The zero-order valence-corrected chi connectivity index (χ0v) is 18.5. The lowest BCUT2D eigenvalue weighted by Crippen LogP contribution is -2.33. The van der Waals surface area contributed by atoms with Gasteiger partial charge < -0.3 is 10.2 Å². The number of fused-ring (bicyclic) bond motifs is 3. The van der Waals surface area contributed by atoms with Crippen molar-refractivity contribution in [3.63, 3.8) is 0 Å². The second kappa shape index (κ2) is 9.60.